The van der Waals surface area contributed by atoms with E-state index in [1.165, 1.54) is 23.1 Å². The van der Waals surface area contributed by atoms with Gasteiger partial charge in [0, 0.05) is 23.2 Å². The highest BCUT2D eigenvalue weighted by molar-refractivity contribution is 8.00. The zero-order valence-electron chi connectivity index (χ0n) is 17.3. The van der Waals surface area contributed by atoms with Crippen LogP contribution in [0.25, 0.3) is 11.0 Å². The minimum atomic E-state index is -3.38. The molecule has 1 amide bonds. The van der Waals surface area contributed by atoms with Crippen LogP contribution in [0.2, 0.25) is 0 Å². The van der Waals surface area contributed by atoms with Gasteiger partial charge in [-0.25, -0.2) is 8.42 Å². The zero-order chi connectivity index (χ0) is 22.6. The lowest BCUT2D eigenvalue weighted by atomic mass is 10.1. The quantitative estimate of drug-likeness (QED) is 0.274. The average molecular weight is 488 g/mol. The van der Waals surface area contributed by atoms with Crippen molar-refractivity contribution in [3.05, 3.63) is 70.9 Å². The monoisotopic (exact) mass is 487 g/mol. The number of hydrogen-bond donors (Lipinski definition) is 1. The Labute approximate surface area is 194 Å². The molecular weight excluding hydrogens is 466 g/mol. The SMILES string of the molecule is Cc1nnc(SCc2c(C(=O)NCCCS(=O)(=O)c3ccccc3)oc3ccccc23)s1. The second kappa shape index (κ2) is 9.85. The zero-order valence-corrected chi connectivity index (χ0v) is 19.7. The Kier molecular flexibility index (Phi) is 6.92. The number of furan rings is 1. The molecular formula is C22H21N3O4S3. The van der Waals surface area contributed by atoms with Gasteiger partial charge in [0.1, 0.15) is 10.6 Å². The van der Waals surface area contributed by atoms with Crippen molar-refractivity contribution in [2.24, 2.45) is 0 Å². The lowest BCUT2D eigenvalue weighted by Crippen LogP contribution is -2.26. The van der Waals surface area contributed by atoms with Crippen molar-refractivity contribution < 1.29 is 17.6 Å². The maximum absolute atomic E-state index is 12.9. The number of nitrogens with zero attached hydrogens (tertiary/aromatic N) is 2. The fraction of sp³-hybridized carbons (Fsp3) is 0.227. The number of thioether (sulfide) groups is 1. The van der Waals surface area contributed by atoms with Crippen LogP contribution in [0.4, 0.5) is 0 Å². The number of para-hydroxylation sites is 1. The lowest BCUT2D eigenvalue weighted by Gasteiger charge is -2.06. The number of rotatable bonds is 9. The Bertz CT molecular complexity index is 1330. The molecule has 4 aromatic rings. The Morgan fingerprint density at radius 2 is 1.84 bits per heavy atom. The standard InChI is InChI=1S/C22H21N3O4S3/c1-15-24-25-22(31-15)30-14-18-17-10-5-6-11-19(17)29-20(18)21(26)23-12-7-13-32(27,28)16-8-3-2-4-9-16/h2-6,8-11H,7,12-14H2,1H3,(H,23,26). The number of carbonyl (C=O) groups excluding carboxylic acids is 1. The summed E-state index contributed by atoms with van der Waals surface area (Å²) in [7, 11) is -3.38. The van der Waals surface area contributed by atoms with Crippen LogP contribution < -0.4 is 5.32 Å². The molecule has 0 spiro atoms. The number of sulfone groups is 1. The molecule has 0 aliphatic rings. The highest BCUT2D eigenvalue weighted by Gasteiger charge is 2.21. The number of aryl methyl sites for hydroxylation is 1. The maximum atomic E-state index is 12.9. The summed E-state index contributed by atoms with van der Waals surface area (Å²) in [5.74, 6) is 0.348. The van der Waals surface area contributed by atoms with Crippen LogP contribution in [-0.4, -0.2) is 36.8 Å². The van der Waals surface area contributed by atoms with Crippen LogP contribution in [0.1, 0.15) is 27.5 Å². The largest absolute Gasteiger partial charge is 0.451 e. The minimum absolute atomic E-state index is 0.0451. The molecule has 0 saturated heterocycles. The van der Waals surface area contributed by atoms with Crippen molar-refractivity contribution in [3.8, 4) is 0 Å². The number of benzene rings is 2. The molecule has 4 rings (SSSR count). The van der Waals surface area contributed by atoms with E-state index in [1.807, 2.05) is 31.2 Å². The van der Waals surface area contributed by atoms with E-state index in [0.29, 0.717) is 17.8 Å². The fourth-order valence-electron chi connectivity index (χ4n) is 3.19. The molecule has 0 aliphatic carbocycles. The summed E-state index contributed by atoms with van der Waals surface area (Å²) in [6, 6.07) is 15.8. The van der Waals surface area contributed by atoms with E-state index in [0.717, 1.165) is 20.3 Å². The van der Waals surface area contributed by atoms with Crippen LogP contribution >= 0.6 is 23.1 Å². The van der Waals surface area contributed by atoms with Gasteiger partial charge in [-0.2, -0.15) is 0 Å². The number of carbonyl (C=O) groups is 1. The van der Waals surface area contributed by atoms with Crippen LogP contribution in [0.15, 0.2) is 68.2 Å². The molecule has 1 N–H and O–H groups in total. The number of fused-ring (bicyclic) bond motifs is 1. The van der Waals surface area contributed by atoms with Crippen molar-refractivity contribution in [2.75, 3.05) is 12.3 Å². The van der Waals surface area contributed by atoms with Crippen molar-refractivity contribution in [3.63, 3.8) is 0 Å². The average Bonchev–Trinajstić information content (AvgIpc) is 3.39. The van der Waals surface area contributed by atoms with Gasteiger partial charge in [-0.1, -0.05) is 59.5 Å². The molecule has 0 saturated carbocycles. The second-order valence-electron chi connectivity index (χ2n) is 7.02. The molecule has 10 heteroatoms. The molecule has 0 bridgehead atoms. The first-order chi connectivity index (χ1) is 15.4. The molecule has 0 radical (unpaired) electrons. The third kappa shape index (κ3) is 5.20. The molecule has 0 fully saturated rings. The predicted octanol–water partition coefficient (Wildman–Crippen LogP) is 4.48. The Hall–Kier alpha value is -2.69. The van der Waals surface area contributed by atoms with E-state index < -0.39 is 9.84 Å². The summed E-state index contributed by atoms with van der Waals surface area (Å²) in [6.07, 6.45) is 0.303. The smallest absolute Gasteiger partial charge is 0.287 e. The first kappa shape index (κ1) is 22.5. The highest BCUT2D eigenvalue weighted by atomic mass is 32.2. The Morgan fingerprint density at radius 3 is 2.59 bits per heavy atom. The van der Waals surface area contributed by atoms with E-state index in [-0.39, 0.29) is 28.9 Å². The maximum Gasteiger partial charge on any atom is 0.287 e. The van der Waals surface area contributed by atoms with Gasteiger partial charge in [0.25, 0.3) is 5.91 Å². The van der Waals surface area contributed by atoms with E-state index in [4.69, 9.17) is 4.42 Å². The first-order valence-corrected chi connectivity index (χ1v) is 13.4. The summed E-state index contributed by atoms with van der Waals surface area (Å²) in [4.78, 5) is 13.1. The molecule has 0 aliphatic heterocycles. The van der Waals surface area contributed by atoms with Crippen LogP contribution in [0.5, 0.6) is 0 Å². The molecule has 2 aromatic carbocycles. The summed E-state index contributed by atoms with van der Waals surface area (Å²) in [5, 5.41) is 12.7. The third-order valence-electron chi connectivity index (χ3n) is 4.73. The molecule has 0 atom stereocenters. The van der Waals surface area contributed by atoms with Crippen molar-refractivity contribution in [1.29, 1.82) is 0 Å². The molecule has 2 heterocycles. The van der Waals surface area contributed by atoms with Gasteiger partial charge in [-0.05, 0) is 31.5 Å². The molecule has 7 nitrogen and oxygen atoms in total. The van der Waals surface area contributed by atoms with Crippen LogP contribution in [0.3, 0.4) is 0 Å². The highest BCUT2D eigenvalue weighted by Crippen LogP contribution is 2.33. The molecule has 166 valence electrons. The third-order valence-corrected chi connectivity index (χ3v) is 8.54. The topological polar surface area (TPSA) is 102 Å². The van der Waals surface area contributed by atoms with Gasteiger partial charge >= 0.3 is 0 Å². The Balaban J connectivity index is 1.42. The normalized spacial score (nSPS) is 11.7. The van der Waals surface area contributed by atoms with Gasteiger partial charge in [-0.3, -0.25) is 4.79 Å². The van der Waals surface area contributed by atoms with E-state index >= 15 is 0 Å². The second-order valence-corrected chi connectivity index (χ2v) is 11.5. The number of amides is 1. The number of nitrogens with one attached hydrogen (secondary N) is 1. The van der Waals surface area contributed by atoms with E-state index in [9.17, 15) is 13.2 Å². The Morgan fingerprint density at radius 1 is 1.09 bits per heavy atom. The van der Waals surface area contributed by atoms with Crippen molar-refractivity contribution in [1.82, 2.24) is 15.5 Å². The van der Waals surface area contributed by atoms with Gasteiger partial charge in [-0.15, -0.1) is 10.2 Å². The van der Waals surface area contributed by atoms with Crippen LogP contribution in [-0.2, 0) is 15.6 Å². The van der Waals surface area contributed by atoms with E-state index in [2.05, 4.69) is 15.5 Å². The number of aromatic nitrogens is 2. The van der Waals surface area contributed by atoms with Crippen molar-refractivity contribution >= 4 is 49.8 Å². The number of hydrogen-bond acceptors (Lipinski definition) is 8. The molecule has 2 aromatic heterocycles. The summed E-state index contributed by atoms with van der Waals surface area (Å²) in [6.45, 7) is 2.12. The summed E-state index contributed by atoms with van der Waals surface area (Å²) in [5.41, 5.74) is 1.42. The van der Waals surface area contributed by atoms with Gasteiger partial charge in [0.05, 0.1) is 10.6 Å². The summed E-state index contributed by atoms with van der Waals surface area (Å²) < 4.78 is 31.5. The molecule has 32 heavy (non-hydrogen) atoms. The lowest BCUT2D eigenvalue weighted by molar-refractivity contribution is 0.0927. The first-order valence-electron chi connectivity index (χ1n) is 9.93. The summed E-state index contributed by atoms with van der Waals surface area (Å²) >= 11 is 3.00. The van der Waals surface area contributed by atoms with Crippen molar-refractivity contribution in [2.45, 2.75) is 28.3 Å². The predicted molar refractivity (Wildman–Crippen MR) is 126 cm³/mol. The fourth-order valence-corrected chi connectivity index (χ4v) is 6.36. The van der Waals surface area contributed by atoms with Gasteiger partial charge in [0.15, 0.2) is 19.9 Å². The van der Waals surface area contributed by atoms with Crippen LogP contribution in [0, 0.1) is 6.92 Å². The van der Waals surface area contributed by atoms with E-state index in [1.54, 1.807) is 30.3 Å². The van der Waals surface area contributed by atoms with Gasteiger partial charge in [0.2, 0.25) is 0 Å². The molecule has 0 unspecified atom stereocenters. The minimum Gasteiger partial charge on any atom is -0.451 e. The van der Waals surface area contributed by atoms with Gasteiger partial charge < -0.3 is 9.73 Å².